The maximum absolute atomic E-state index is 13.4. The minimum Gasteiger partial charge on any atom is -0.497 e. The average Bonchev–Trinajstić information content (AvgIpc) is 4.14. The third kappa shape index (κ3) is 13.7. The number of aromatic nitrogens is 4. The van der Waals surface area contributed by atoms with Crippen LogP contribution < -0.4 is 14.8 Å². The minimum atomic E-state index is -1.89. The van der Waals surface area contributed by atoms with E-state index in [0.29, 0.717) is 17.7 Å². The lowest BCUT2D eigenvalue weighted by atomic mass is 9.80. The number of non-ortho nitro benzene ring substituents is 2. The molecule has 0 radical (unpaired) electrons. The van der Waals surface area contributed by atoms with Crippen molar-refractivity contribution in [2.24, 2.45) is 0 Å². The van der Waals surface area contributed by atoms with Crippen molar-refractivity contribution in [1.29, 1.82) is 5.26 Å². The lowest BCUT2D eigenvalue weighted by molar-refractivity contribution is -0.385. The Kier molecular flexibility index (Phi) is 19.8. The second-order valence-electron chi connectivity index (χ2n) is 19.0. The number of amides is 1. The SMILES string of the molecule is COc1ccc(C(OC[C@H]2O[C@@H](n3cnc4c(OCCc5ccc([N+](=O)[O-])cc5)nc(NC(=O)OCCc5ccc([N+](=O)[O-])cc5)nc43)[C@H](OC)[C@@H]2OP(OCCC#N)N(C(C)C)C(C)C)(c2ccccc2)c2ccccc2)cc1. The number of hydrogen-bond acceptors (Lipinski definition) is 18. The normalized spacial score (nSPS) is 16.6. The topological polar surface area (TPSA) is 260 Å². The van der Waals surface area contributed by atoms with Crippen LogP contribution in [0.25, 0.3) is 11.2 Å². The maximum atomic E-state index is 13.4. The van der Waals surface area contributed by atoms with E-state index in [-0.39, 0.29) is 85.7 Å². The van der Waals surface area contributed by atoms with E-state index in [1.807, 2.05) is 113 Å². The van der Waals surface area contributed by atoms with Gasteiger partial charge in [-0.25, -0.2) is 14.4 Å². The second-order valence-corrected chi connectivity index (χ2v) is 20.4. The molecule has 0 saturated carbocycles. The summed E-state index contributed by atoms with van der Waals surface area (Å²) in [5.74, 6) is 0.444. The van der Waals surface area contributed by atoms with Gasteiger partial charge in [0, 0.05) is 56.3 Å². The van der Waals surface area contributed by atoms with Gasteiger partial charge in [0.1, 0.15) is 29.7 Å². The fourth-order valence-corrected chi connectivity index (χ4v) is 11.2. The number of methoxy groups -OCH3 is 2. The molecule has 5 aromatic carbocycles. The van der Waals surface area contributed by atoms with Gasteiger partial charge in [0.25, 0.3) is 19.9 Å². The molecule has 1 unspecified atom stereocenters. The number of anilines is 1. The highest BCUT2D eigenvalue weighted by molar-refractivity contribution is 7.44. The Morgan fingerprint density at radius 3 is 1.90 bits per heavy atom. The van der Waals surface area contributed by atoms with E-state index in [0.717, 1.165) is 22.3 Å². The molecule has 1 fully saturated rings. The van der Waals surface area contributed by atoms with Gasteiger partial charge in [-0.2, -0.15) is 15.2 Å². The van der Waals surface area contributed by atoms with Crippen LogP contribution in [-0.4, -0.2) is 111 Å². The Balaban J connectivity index is 1.18. The van der Waals surface area contributed by atoms with Gasteiger partial charge in [-0.05, 0) is 67.6 Å². The summed E-state index contributed by atoms with van der Waals surface area (Å²) in [5, 5.41) is 34.7. The first-order valence-corrected chi connectivity index (χ1v) is 27.0. The van der Waals surface area contributed by atoms with Crippen LogP contribution in [0.2, 0.25) is 0 Å². The molecule has 0 bridgehead atoms. The summed E-state index contributed by atoms with van der Waals surface area (Å²) in [5.41, 5.74) is 2.96. The Hall–Kier alpha value is -8.00. The third-order valence-electron chi connectivity index (χ3n) is 13.2. The van der Waals surface area contributed by atoms with Crippen LogP contribution in [0.3, 0.4) is 0 Å². The van der Waals surface area contributed by atoms with Crippen molar-refractivity contribution in [2.75, 3.05) is 46.0 Å². The first-order chi connectivity index (χ1) is 38.7. The van der Waals surface area contributed by atoms with Gasteiger partial charge in [-0.3, -0.25) is 30.1 Å². The van der Waals surface area contributed by atoms with E-state index in [1.165, 1.54) is 37.7 Å². The monoisotopic (exact) mass is 1110 g/mol. The lowest BCUT2D eigenvalue weighted by Crippen LogP contribution is -2.42. The van der Waals surface area contributed by atoms with Gasteiger partial charge in [0.15, 0.2) is 17.4 Å². The number of nitro benzene ring substituents is 2. The van der Waals surface area contributed by atoms with Crippen molar-refractivity contribution in [1.82, 2.24) is 24.2 Å². The molecule has 8 rings (SSSR count). The molecule has 5 atom stereocenters. The summed E-state index contributed by atoms with van der Waals surface area (Å²) in [4.78, 5) is 49.1. The first-order valence-electron chi connectivity index (χ1n) is 25.8. The molecule has 3 heterocycles. The van der Waals surface area contributed by atoms with E-state index in [9.17, 15) is 30.3 Å². The smallest absolute Gasteiger partial charge is 0.414 e. The number of fused-ring (bicyclic) bond motifs is 1. The van der Waals surface area contributed by atoms with Gasteiger partial charge in [-0.1, -0.05) is 97.1 Å². The number of nitriles is 1. The summed E-state index contributed by atoms with van der Waals surface area (Å²) in [6, 6.07) is 41.5. The summed E-state index contributed by atoms with van der Waals surface area (Å²) < 4.78 is 55.8. The molecule has 1 aliphatic heterocycles. The predicted molar refractivity (Wildman–Crippen MR) is 296 cm³/mol. The third-order valence-corrected chi connectivity index (χ3v) is 15.3. The molecule has 1 aliphatic rings. The van der Waals surface area contributed by atoms with Crippen LogP contribution in [0.4, 0.5) is 22.1 Å². The molecule has 1 amide bonds. The predicted octanol–water partition coefficient (Wildman–Crippen LogP) is 10.6. The molecule has 80 heavy (non-hydrogen) atoms. The van der Waals surface area contributed by atoms with E-state index in [2.05, 4.69) is 21.0 Å². The quantitative estimate of drug-likeness (QED) is 0.0165. The number of rotatable bonds is 27. The van der Waals surface area contributed by atoms with Crippen molar-refractivity contribution < 1.29 is 52.1 Å². The van der Waals surface area contributed by atoms with E-state index in [1.54, 1.807) is 35.9 Å². The molecule has 2 aromatic heterocycles. The number of nitrogens with one attached hydrogen (secondary N) is 1. The van der Waals surface area contributed by atoms with Gasteiger partial charge >= 0.3 is 6.09 Å². The molecular weight excluding hydrogens is 1050 g/mol. The zero-order valence-electron chi connectivity index (χ0n) is 45.0. The number of nitrogens with zero attached hydrogens (tertiary/aromatic N) is 8. The summed E-state index contributed by atoms with van der Waals surface area (Å²) in [7, 11) is 1.26. The Morgan fingerprint density at radius 2 is 1.36 bits per heavy atom. The largest absolute Gasteiger partial charge is 0.497 e. The van der Waals surface area contributed by atoms with Crippen molar-refractivity contribution >= 4 is 43.1 Å². The van der Waals surface area contributed by atoms with E-state index in [4.69, 9.17) is 47.4 Å². The second kappa shape index (κ2) is 27.2. The zero-order chi connectivity index (χ0) is 56.8. The fourth-order valence-electron chi connectivity index (χ4n) is 9.43. The number of nitro groups is 2. The maximum Gasteiger partial charge on any atom is 0.414 e. The number of ether oxygens (including phenoxy) is 6. The number of carbonyl (C=O) groups is 1. The first kappa shape index (κ1) is 58.2. The average molecular weight is 1110 g/mol. The van der Waals surface area contributed by atoms with Crippen LogP contribution in [0, 0.1) is 31.6 Å². The number of benzene rings is 5. The van der Waals surface area contributed by atoms with Crippen molar-refractivity contribution in [3.05, 3.63) is 188 Å². The standard InChI is InChI=1S/C57H62N9O13P/c1-38(2)64(39(3)4)80(77-33-13-32-58)79-50-48(36-76-57(42-14-9-7-10-15-42,43-16-11-8-12-17-43)44-22-28-47(72-5)29-23-44)78-54(51(50)73-6)63-37-59-49-52(63)60-55(61-53(49)74-34-30-40-18-24-45(25-19-40)65(68)69)62-56(67)75-35-31-41-20-26-46(27-21-41)66(70)71/h7-12,14-29,37-39,48,50-51,54H,13,30-31,33-36H2,1-6H3,(H,60,61,62,67)/t48-,50-,51-,54-,80?/m1/s1. The summed E-state index contributed by atoms with van der Waals surface area (Å²) in [6.45, 7) is 8.15. The van der Waals surface area contributed by atoms with Crippen LogP contribution >= 0.6 is 8.53 Å². The molecule has 1 saturated heterocycles. The number of carbonyl (C=O) groups excluding carboxylic acids is 1. The molecular formula is C57H62N9O13P. The molecule has 1 N–H and O–H groups in total. The molecule has 0 spiro atoms. The molecule has 23 heteroatoms. The lowest BCUT2D eigenvalue weighted by Gasteiger charge is -2.39. The van der Waals surface area contributed by atoms with Gasteiger partial charge < -0.3 is 37.5 Å². The highest BCUT2D eigenvalue weighted by Crippen LogP contribution is 2.51. The van der Waals surface area contributed by atoms with Gasteiger partial charge in [0.2, 0.25) is 11.8 Å². The Bertz CT molecular complexity index is 3160. The van der Waals surface area contributed by atoms with Crippen LogP contribution in [0.1, 0.15) is 68.2 Å². The Morgan fingerprint density at radius 1 is 0.787 bits per heavy atom. The van der Waals surface area contributed by atoms with Crippen LogP contribution in [0.5, 0.6) is 11.6 Å². The van der Waals surface area contributed by atoms with Crippen LogP contribution in [-0.2, 0) is 46.4 Å². The highest BCUT2D eigenvalue weighted by atomic mass is 31.2. The molecule has 0 aliphatic carbocycles. The minimum absolute atomic E-state index is 0.00888. The zero-order valence-corrected chi connectivity index (χ0v) is 45.9. The van der Waals surface area contributed by atoms with Crippen molar-refractivity contribution in [3.63, 3.8) is 0 Å². The van der Waals surface area contributed by atoms with Gasteiger partial charge in [-0.15, -0.1) is 0 Å². The molecule has 22 nitrogen and oxygen atoms in total. The van der Waals surface area contributed by atoms with Crippen LogP contribution in [0.15, 0.2) is 140 Å². The van der Waals surface area contributed by atoms with Gasteiger partial charge in [0.05, 0.1) is 62.2 Å². The Labute approximate surface area is 463 Å². The van der Waals surface area contributed by atoms with Crippen molar-refractivity contribution in [2.45, 2.75) is 89.2 Å². The van der Waals surface area contributed by atoms with E-state index >= 15 is 0 Å². The highest BCUT2D eigenvalue weighted by Gasteiger charge is 2.51. The number of hydrogen-bond donors (Lipinski definition) is 1. The molecule has 7 aromatic rings. The molecule has 418 valence electrons. The van der Waals surface area contributed by atoms with E-state index < -0.39 is 54.6 Å². The number of imidazole rings is 1. The fraction of sp³-hybridized carbons (Fsp3) is 0.351. The van der Waals surface area contributed by atoms with Crippen molar-refractivity contribution in [3.8, 4) is 17.7 Å². The summed E-state index contributed by atoms with van der Waals surface area (Å²) >= 11 is 0. The summed E-state index contributed by atoms with van der Waals surface area (Å²) in [6.07, 6.45) is -2.47.